The van der Waals surface area contributed by atoms with Gasteiger partial charge >= 0.3 is 0 Å². The number of ether oxygens (including phenoxy) is 1. The Morgan fingerprint density at radius 3 is 2.88 bits per heavy atom. The van der Waals surface area contributed by atoms with E-state index in [0.717, 1.165) is 0 Å². The number of amides is 1. The molecule has 0 spiro atoms. The second-order valence-electron chi connectivity index (χ2n) is 3.51. The predicted octanol–water partition coefficient (Wildman–Crippen LogP) is -0.0453. The summed E-state index contributed by atoms with van der Waals surface area (Å²) in [4.78, 5) is 11.4. The number of hydrogen-bond acceptors (Lipinski definition) is 4. The lowest BCUT2D eigenvalue weighted by atomic mass is 10.0. The molecule has 0 saturated carbocycles. The van der Waals surface area contributed by atoms with Crippen LogP contribution in [0.15, 0.2) is 18.2 Å². The van der Waals surface area contributed by atoms with Crippen LogP contribution in [0.1, 0.15) is 5.56 Å². The minimum absolute atomic E-state index is 0.203. The first-order valence-corrected chi connectivity index (χ1v) is 5.13. The largest absolute Gasteiger partial charge is 0.496 e. The fourth-order valence-corrected chi connectivity index (χ4v) is 1.45. The van der Waals surface area contributed by atoms with Gasteiger partial charge in [0.1, 0.15) is 11.6 Å². The Balaban J connectivity index is 2.79. The van der Waals surface area contributed by atoms with Crippen LogP contribution in [-0.2, 0) is 11.2 Å². The molecule has 0 saturated heterocycles. The maximum absolute atomic E-state index is 13.1. The molecule has 1 aromatic carbocycles. The lowest BCUT2D eigenvalue weighted by Gasteiger charge is -2.14. The number of benzene rings is 1. The zero-order valence-corrected chi connectivity index (χ0v) is 9.79. The number of nitrogens with two attached hydrogens (primary N) is 1. The van der Waals surface area contributed by atoms with Gasteiger partial charge in [0, 0.05) is 13.5 Å². The van der Waals surface area contributed by atoms with E-state index in [1.807, 2.05) is 0 Å². The summed E-state index contributed by atoms with van der Waals surface area (Å²) in [5.41, 5.74) is 11.1. The number of halogens is 1. The molecule has 1 unspecified atom stereocenters. The highest BCUT2D eigenvalue weighted by molar-refractivity contribution is 5.81. The van der Waals surface area contributed by atoms with E-state index in [2.05, 4.69) is 10.9 Å². The van der Waals surface area contributed by atoms with Gasteiger partial charge in [-0.05, 0) is 23.8 Å². The van der Waals surface area contributed by atoms with E-state index in [4.69, 9.17) is 10.5 Å². The van der Waals surface area contributed by atoms with Gasteiger partial charge in [0.15, 0.2) is 0 Å². The first kappa shape index (κ1) is 13.4. The number of hydrogen-bond donors (Lipinski definition) is 3. The molecule has 1 atom stereocenters. The number of rotatable bonds is 5. The van der Waals surface area contributed by atoms with Crippen LogP contribution in [0, 0.1) is 5.82 Å². The molecule has 1 aromatic rings. The van der Waals surface area contributed by atoms with Crippen molar-refractivity contribution in [3.05, 3.63) is 29.6 Å². The number of methoxy groups -OCH3 is 1. The molecule has 1 amide bonds. The van der Waals surface area contributed by atoms with Crippen molar-refractivity contribution in [2.45, 2.75) is 12.5 Å². The molecule has 0 aliphatic heterocycles. The highest BCUT2D eigenvalue weighted by atomic mass is 19.1. The Morgan fingerprint density at radius 1 is 1.59 bits per heavy atom. The fourth-order valence-electron chi connectivity index (χ4n) is 1.45. The van der Waals surface area contributed by atoms with E-state index in [-0.39, 0.29) is 18.1 Å². The Bertz CT molecular complexity index is 398. The SMILES string of the molecule is CNNC(=O)C(N)Cc1cc(F)ccc1OC. The summed E-state index contributed by atoms with van der Waals surface area (Å²) in [6.45, 7) is 0. The molecule has 0 aliphatic rings. The summed E-state index contributed by atoms with van der Waals surface area (Å²) in [7, 11) is 3.04. The molecule has 6 heteroatoms. The van der Waals surface area contributed by atoms with Crippen molar-refractivity contribution < 1.29 is 13.9 Å². The Labute approximate surface area is 99.1 Å². The van der Waals surface area contributed by atoms with Crippen LogP contribution < -0.4 is 21.3 Å². The van der Waals surface area contributed by atoms with Crippen molar-refractivity contribution in [3.63, 3.8) is 0 Å². The van der Waals surface area contributed by atoms with Gasteiger partial charge in [0.25, 0.3) is 5.91 Å². The normalized spacial score (nSPS) is 12.0. The van der Waals surface area contributed by atoms with Gasteiger partial charge in [-0.3, -0.25) is 10.2 Å². The number of carbonyl (C=O) groups excluding carboxylic acids is 1. The van der Waals surface area contributed by atoms with Crippen LogP contribution in [-0.4, -0.2) is 26.1 Å². The fraction of sp³-hybridized carbons (Fsp3) is 0.364. The summed E-state index contributed by atoms with van der Waals surface area (Å²) in [5.74, 6) is -0.236. The van der Waals surface area contributed by atoms with Crippen LogP contribution in [0.25, 0.3) is 0 Å². The lowest BCUT2D eigenvalue weighted by Crippen LogP contribution is -2.46. The van der Waals surface area contributed by atoms with Gasteiger partial charge in [0.05, 0.1) is 13.2 Å². The highest BCUT2D eigenvalue weighted by Crippen LogP contribution is 2.20. The first-order valence-electron chi connectivity index (χ1n) is 5.13. The molecule has 1 rings (SSSR count). The van der Waals surface area contributed by atoms with Crippen LogP contribution in [0.5, 0.6) is 5.75 Å². The molecular formula is C11H16FN3O2. The molecule has 0 bridgehead atoms. The van der Waals surface area contributed by atoms with E-state index in [0.29, 0.717) is 11.3 Å². The van der Waals surface area contributed by atoms with Crippen LogP contribution >= 0.6 is 0 Å². The Hall–Kier alpha value is -1.66. The van der Waals surface area contributed by atoms with Crippen molar-refractivity contribution in [2.24, 2.45) is 5.73 Å². The Kier molecular flexibility index (Phi) is 4.86. The van der Waals surface area contributed by atoms with Gasteiger partial charge in [-0.25, -0.2) is 9.82 Å². The number of carbonyl (C=O) groups is 1. The summed E-state index contributed by atoms with van der Waals surface area (Å²) in [6.07, 6.45) is 0.203. The summed E-state index contributed by atoms with van der Waals surface area (Å²) >= 11 is 0. The number of hydrazine groups is 1. The zero-order valence-electron chi connectivity index (χ0n) is 9.79. The zero-order chi connectivity index (χ0) is 12.8. The summed E-state index contributed by atoms with van der Waals surface area (Å²) in [5, 5.41) is 0. The van der Waals surface area contributed by atoms with E-state index >= 15 is 0 Å². The molecule has 4 N–H and O–H groups in total. The molecule has 0 aromatic heterocycles. The van der Waals surface area contributed by atoms with Crippen LogP contribution in [0.3, 0.4) is 0 Å². The van der Waals surface area contributed by atoms with Gasteiger partial charge in [-0.15, -0.1) is 0 Å². The average Bonchev–Trinajstić information content (AvgIpc) is 2.29. The van der Waals surface area contributed by atoms with Crippen molar-refractivity contribution in [3.8, 4) is 5.75 Å². The molecule has 0 radical (unpaired) electrons. The molecule has 17 heavy (non-hydrogen) atoms. The van der Waals surface area contributed by atoms with Gasteiger partial charge in [-0.2, -0.15) is 0 Å². The van der Waals surface area contributed by atoms with Gasteiger partial charge < -0.3 is 10.5 Å². The van der Waals surface area contributed by atoms with Crippen molar-refractivity contribution >= 4 is 5.91 Å². The topological polar surface area (TPSA) is 76.4 Å². The molecule has 0 heterocycles. The minimum atomic E-state index is -0.766. The monoisotopic (exact) mass is 241 g/mol. The second kappa shape index (κ2) is 6.17. The van der Waals surface area contributed by atoms with E-state index in [9.17, 15) is 9.18 Å². The van der Waals surface area contributed by atoms with Crippen LogP contribution in [0.2, 0.25) is 0 Å². The third-order valence-corrected chi connectivity index (χ3v) is 2.27. The third-order valence-electron chi connectivity index (χ3n) is 2.27. The molecular weight excluding hydrogens is 225 g/mol. The van der Waals surface area contributed by atoms with Crippen molar-refractivity contribution in [1.82, 2.24) is 10.9 Å². The smallest absolute Gasteiger partial charge is 0.251 e. The summed E-state index contributed by atoms with van der Waals surface area (Å²) < 4.78 is 18.1. The quantitative estimate of drug-likeness (QED) is 0.632. The molecule has 0 aliphatic carbocycles. The second-order valence-corrected chi connectivity index (χ2v) is 3.51. The standard InChI is InChI=1S/C11H16FN3O2/c1-14-15-11(16)9(13)6-7-5-8(12)3-4-10(7)17-2/h3-5,9,14H,6,13H2,1-2H3,(H,15,16). The van der Waals surface area contributed by atoms with E-state index in [1.165, 1.54) is 25.3 Å². The lowest BCUT2D eigenvalue weighted by molar-refractivity contribution is -0.123. The highest BCUT2D eigenvalue weighted by Gasteiger charge is 2.16. The van der Waals surface area contributed by atoms with E-state index in [1.54, 1.807) is 7.05 Å². The van der Waals surface area contributed by atoms with Gasteiger partial charge in [-0.1, -0.05) is 0 Å². The maximum Gasteiger partial charge on any atom is 0.251 e. The molecule has 94 valence electrons. The number of nitrogens with one attached hydrogen (secondary N) is 2. The summed E-state index contributed by atoms with van der Waals surface area (Å²) in [6, 6.07) is 3.35. The van der Waals surface area contributed by atoms with Gasteiger partial charge in [0.2, 0.25) is 0 Å². The molecule has 5 nitrogen and oxygen atoms in total. The van der Waals surface area contributed by atoms with Crippen LogP contribution in [0.4, 0.5) is 4.39 Å². The predicted molar refractivity (Wildman–Crippen MR) is 61.8 cm³/mol. The third kappa shape index (κ3) is 3.69. The van der Waals surface area contributed by atoms with Crippen molar-refractivity contribution in [2.75, 3.05) is 14.2 Å². The molecule has 0 fully saturated rings. The van der Waals surface area contributed by atoms with Crippen molar-refractivity contribution in [1.29, 1.82) is 0 Å². The maximum atomic E-state index is 13.1. The van der Waals surface area contributed by atoms with E-state index < -0.39 is 6.04 Å². The Morgan fingerprint density at radius 2 is 2.29 bits per heavy atom. The first-order chi connectivity index (χ1) is 8.08. The minimum Gasteiger partial charge on any atom is -0.496 e. The average molecular weight is 241 g/mol.